The van der Waals surface area contributed by atoms with Crippen molar-refractivity contribution in [2.75, 3.05) is 20.1 Å². The summed E-state index contributed by atoms with van der Waals surface area (Å²) in [5.74, 6) is 0. The Balaban J connectivity index is 2.00. The van der Waals surface area contributed by atoms with Gasteiger partial charge in [-0.25, -0.2) is 0 Å². The van der Waals surface area contributed by atoms with E-state index in [1.807, 2.05) is 7.05 Å². The summed E-state index contributed by atoms with van der Waals surface area (Å²) < 4.78 is 0. The smallest absolute Gasteiger partial charge is 0.0802 e. The van der Waals surface area contributed by atoms with Crippen LogP contribution >= 0.6 is 0 Å². The molecule has 1 fully saturated rings. The second kappa shape index (κ2) is 2.93. The zero-order valence-electron chi connectivity index (χ0n) is 6.88. The molecule has 62 valence electrons. The van der Waals surface area contributed by atoms with Crippen LogP contribution in [0.1, 0.15) is 6.42 Å². The van der Waals surface area contributed by atoms with Gasteiger partial charge in [-0.05, 0) is 13.5 Å². The van der Waals surface area contributed by atoms with E-state index in [4.69, 9.17) is 0 Å². The highest BCUT2D eigenvalue weighted by molar-refractivity contribution is 5.03. The van der Waals surface area contributed by atoms with E-state index in [9.17, 15) is 0 Å². The summed E-state index contributed by atoms with van der Waals surface area (Å²) in [6, 6.07) is 0. The van der Waals surface area contributed by atoms with Crippen molar-refractivity contribution >= 4 is 0 Å². The van der Waals surface area contributed by atoms with E-state index >= 15 is 0 Å². The molecule has 11 heavy (non-hydrogen) atoms. The Morgan fingerprint density at radius 1 is 1.64 bits per heavy atom. The predicted molar refractivity (Wildman–Crippen MR) is 45.1 cm³/mol. The van der Waals surface area contributed by atoms with E-state index in [0.717, 1.165) is 6.54 Å². The maximum atomic E-state index is 3.47. The van der Waals surface area contributed by atoms with Crippen LogP contribution in [0.25, 0.3) is 0 Å². The Labute approximate surface area is 67.5 Å². The molecule has 2 aliphatic rings. The molecule has 2 aliphatic heterocycles. The zero-order valence-corrected chi connectivity index (χ0v) is 6.88. The van der Waals surface area contributed by atoms with Crippen molar-refractivity contribution < 1.29 is 0 Å². The Morgan fingerprint density at radius 2 is 2.55 bits per heavy atom. The Hall–Kier alpha value is -0.380. The Kier molecular flexibility index (Phi) is 1.94. The number of rotatable bonds is 1. The molecular formula is C8H15N3. The lowest BCUT2D eigenvalue weighted by Crippen LogP contribution is -2.40. The van der Waals surface area contributed by atoms with E-state index in [2.05, 4.69) is 27.7 Å². The van der Waals surface area contributed by atoms with Crippen LogP contribution in [0.15, 0.2) is 12.2 Å². The molecule has 0 bridgehead atoms. The lowest BCUT2D eigenvalue weighted by molar-refractivity contribution is 0.273. The van der Waals surface area contributed by atoms with Gasteiger partial charge in [0.05, 0.1) is 12.3 Å². The second-order valence-corrected chi connectivity index (χ2v) is 3.16. The van der Waals surface area contributed by atoms with Crippen molar-refractivity contribution in [1.82, 2.24) is 15.5 Å². The van der Waals surface area contributed by atoms with Gasteiger partial charge in [0.15, 0.2) is 0 Å². The number of fused-ring (bicyclic) bond motifs is 1. The molecule has 2 N–H and O–H groups in total. The van der Waals surface area contributed by atoms with Crippen LogP contribution in [0, 0.1) is 0 Å². The van der Waals surface area contributed by atoms with Crippen molar-refractivity contribution in [3.8, 4) is 0 Å². The van der Waals surface area contributed by atoms with Crippen LogP contribution in [0.2, 0.25) is 0 Å². The van der Waals surface area contributed by atoms with E-state index in [1.54, 1.807) is 0 Å². The third-order valence-corrected chi connectivity index (χ3v) is 2.43. The first-order chi connectivity index (χ1) is 5.40. The minimum Gasteiger partial charge on any atom is -0.304 e. The molecular weight excluding hydrogens is 138 g/mol. The maximum Gasteiger partial charge on any atom is 0.0802 e. The monoisotopic (exact) mass is 153 g/mol. The average Bonchev–Trinajstić information content (AvgIpc) is 2.46. The third-order valence-electron chi connectivity index (χ3n) is 2.43. The van der Waals surface area contributed by atoms with Crippen LogP contribution in [0.4, 0.5) is 0 Å². The minimum atomic E-state index is 0.475. The second-order valence-electron chi connectivity index (χ2n) is 3.16. The van der Waals surface area contributed by atoms with Crippen LogP contribution in [-0.4, -0.2) is 37.4 Å². The SMILES string of the molecule is CNC1CN2CCC=CC2N1. The van der Waals surface area contributed by atoms with E-state index < -0.39 is 0 Å². The van der Waals surface area contributed by atoms with Gasteiger partial charge in [-0.2, -0.15) is 0 Å². The maximum absolute atomic E-state index is 3.47. The third kappa shape index (κ3) is 1.31. The van der Waals surface area contributed by atoms with Crippen molar-refractivity contribution in [3.05, 3.63) is 12.2 Å². The molecule has 0 aliphatic carbocycles. The first kappa shape index (κ1) is 7.28. The molecule has 0 spiro atoms. The molecule has 0 aromatic carbocycles. The van der Waals surface area contributed by atoms with Gasteiger partial charge in [-0.15, -0.1) is 0 Å². The summed E-state index contributed by atoms with van der Waals surface area (Å²) in [6.07, 6.45) is 6.67. The van der Waals surface area contributed by atoms with Crippen LogP contribution in [0.3, 0.4) is 0 Å². The predicted octanol–water partition coefficient (Wildman–Crippen LogP) is -0.277. The lowest BCUT2D eigenvalue weighted by atomic mass is 10.2. The topological polar surface area (TPSA) is 27.3 Å². The first-order valence-corrected chi connectivity index (χ1v) is 4.24. The molecule has 0 amide bonds. The van der Waals surface area contributed by atoms with Crippen molar-refractivity contribution in [3.63, 3.8) is 0 Å². The van der Waals surface area contributed by atoms with Gasteiger partial charge in [-0.3, -0.25) is 10.2 Å². The zero-order chi connectivity index (χ0) is 7.68. The van der Waals surface area contributed by atoms with E-state index in [1.165, 1.54) is 13.0 Å². The van der Waals surface area contributed by atoms with Crippen LogP contribution in [0.5, 0.6) is 0 Å². The van der Waals surface area contributed by atoms with Gasteiger partial charge in [0.2, 0.25) is 0 Å². The van der Waals surface area contributed by atoms with Gasteiger partial charge < -0.3 is 5.32 Å². The van der Waals surface area contributed by atoms with Crippen LogP contribution < -0.4 is 10.6 Å². The van der Waals surface area contributed by atoms with E-state index in [-0.39, 0.29) is 0 Å². The highest BCUT2D eigenvalue weighted by Crippen LogP contribution is 2.13. The number of nitrogens with one attached hydrogen (secondary N) is 2. The highest BCUT2D eigenvalue weighted by atomic mass is 15.4. The molecule has 0 saturated carbocycles. The molecule has 2 heterocycles. The van der Waals surface area contributed by atoms with Gasteiger partial charge >= 0.3 is 0 Å². The van der Waals surface area contributed by atoms with Crippen LogP contribution in [-0.2, 0) is 0 Å². The number of hydrogen-bond acceptors (Lipinski definition) is 3. The Bertz CT molecular complexity index is 167. The summed E-state index contributed by atoms with van der Waals surface area (Å²) in [5.41, 5.74) is 0. The standard InChI is InChI=1S/C8H15N3/c1-9-7-6-11-5-3-2-4-8(11)10-7/h2,4,7-10H,3,5-6H2,1H3. The lowest BCUT2D eigenvalue weighted by Gasteiger charge is -2.23. The van der Waals surface area contributed by atoms with Gasteiger partial charge in [-0.1, -0.05) is 12.2 Å². The Morgan fingerprint density at radius 3 is 3.27 bits per heavy atom. The van der Waals surface area contributed by atoms with Gasteiger partial charge in [0, 0.05) is 13.1 Å². The molecule has 0 aromatic rings. The molecule has 2 atom stereocenters. The largest absolute Gasteiger partial charge is 0.304 e. The molecule has 3 nitrogen and oxygen atoms in total. The van der Waals surface area contributed by atoms with Gasteiger partial charge in [0.1, 0.15) is 0 Å². The summed E-state index contributed by atoms with van der Waals surface area (Å²) in [5, 5.41) is 6.70. The fourth-order valence-corrected chi connectivity index (χ4v) is 1.76. The summed E-state index contributed by atoms with van der Waals surface area (Å²) in [6.45, 7) is 2.33. The van der Waals surface area contributed by atoms with Crippen molar-refractivity contribution in [2.24, 2.45) is 0 Å². The van der Waals surface area contributed by atoms with Gasteiger partial charge in [0.25, 0.3) is 0 Å². The fraction of sp³-hybridized carbons (Fsp3) is 0.750. The summed E-state index contributed by atoms with van der Waals surface area (Å²) in [7, 11) is 2.00. The first-order valence-electron chi connectivity index (χ1n) is 4.24. The average molecular weight is 153 g/mol. The molecule has 2 unspecified atom stereocenters. The summed E-state index contributed by atoms with van der Waals surface area (Å²) in [4.78, 5) is 2.46. The number of nitrogens with zero attached hydrogens (tertiary/aromatic N) is 1. The van der Waals surface area contributed by atoms with Crippen molar-refractivity contribution in [2.45, 2.75) is 18.8 Å². The molecule has 3 heteroatoms. The fourth-order valence-electron chi connectivity index (χ4n) is 1.76. The number of likely N-dealkylation sites (N-methyl/N-ethyl adjacent to an activating group) is 1. The minimum absolute atomic E-state index is 0.475. The van der Waals surface area contributed by atoms with E-state index in [0.29, 0.717) is 12.3 Å². The molecule has 2 rings (SSSR count). The quantitative estimate of drug-likeness (QED) is 0.507. The molecule has 0 aromatic heterocycles. The molecule has 0 radical (unpaired) electrons. The number of hydrogen-bond donors (Lipinski definition) is 2. The normalized spacial score (nSPS) is 37.5. The summed E-state index contributed by atoms with van der Waals surface area (Å²) >= 11 is 0. The molecule has 1 saturated heterocycles. The highest BCUT2D eigenvalue weighted by Gasteiger charge is 2.29. The van der Waals surface area contributed by atoms with Crippen molar-refractivity contribution in [1.29, 1.82) is 0 Å².